The lowest BCUT2D eigenvalue weighted by Crippen LogP contribution is -2.33. The molecule has 0 radical (unpaired) electrons. The van der Waals surface area contributed by atoms with Crippen LogP contribution in [0.15, 0.2) is 66.7 Å². The van der Waals surface area contributed by atoms with Gasteiger partial charge in [0.05, 0.1) is 0 Å². The van der Waals surface area contributed by atoms with Crippen LogP contribution in [0.3, 0.4) is 0 Å². The monoisotopic (exact) mass is 349 g/mol. The Balaban J connectivity index is 1.47. The van der Waals surface area contributed by atoms with Crippen LogP contribution < -0.4 is 10.1 Å². The zero-order valence-corrected chi connectivity index (χ0v) is 15.5. The van der Waals surface area contributed by atoms with Gasteiger partial charge in [-0.1, -0.05) is 61.5 Å². The summed E-state index contributed by atoms with van der Waals surface area (Å²) in [7, 11) is 0. The highest BCUT2D eigenvalue weighted by atomic mass is 16.5. The number of rotatable bonds is 8. The zero-order chi connectivity index (χ0) is 18.4. The molecule has 26 heavy (non-hydrogen) atoms. The van der Waals surface area contributed by atoms with Crippen LogP contribution in [0, 0.1) is 0 Å². The molecule has 2 unspecified atom stereocenters. The predicted molar refractivity (Wildman–Crippen MR) is 108 cm³/mol. The topological polar surface area (TPSA) is 41.5 Å². The van der Waals surface area contributed by atoms with Crippen molar-refractivity contribution in [3.05, 3.63) is 77.9 Å². The molecular weight excluding hydrogens is 322 g/mol. The SMILES string of the molecule is CCc1ccc(C(C)NCC(O)COc2ccc3ccccc3c2)cc1. The van der Waals surface area contributed by atoms with Crippen LogP contribution in [0.4, 0.5) is 0 Å². The molecule has 0 saturated heterocycles. The highest BCUT2D eigenvalue weighted by Gasteiger charge is 2.10. The van der Waals surface area contributed by atoms with Crippen LogP contribution in [0.1, 0.15) is 31.0 Å². The van der Waals surface area contributed by atoms with E-state index in [0.717, 1.165) is 17.6 Å². The number of fused-ring (bicyclic) bond motifs is 1. The van der Waals surface area contributed by atoms with Crippen molar-refractivity contribution in [3.8, 4) is 5.75 Å². The molecule has 0 aromatic heterocycles. The summed E-state index contributed by atoms with van der Waals surface area (Å²) in [5, 5.41) is 15.9. The normalized spacial score (nSPS) is 13.5. The van der Waals surface area contributed by atoms with Gasteiger partial charge in [0.1, 0.15) is 18.5 Å². The summed E-state index contributed by atoms with van der Waals surface area (Å²) in [5.41, 5.74) is 2.56. The average Bonchev–Trinajstić information content (AvgIpc) is 2.70. The van der Waals surface area contributed by atoms with E-state index in [9.17, 15) is 5.11 Å². The van der Waals surface area contributed by atoms with Crippen molar-refractivity contribution in [3.63, 3.8) is 0 Å². The molecule has 0 heterocycles. The van der Waals surface area contributed by atoms with Gasteiger partial charge in [-0.25, -0.2) is 0 Å². The van der Waals surface area contributed by atoms with E-state index < -0.39 is 6.10 Å². The Kier molecular flexibility index (Phi) is 6.26. The number of aliphatic hydroxyl groups is 1. The molecule has 0 aliphatic rings. The first-order valence-corrected chi connectivity index (χ1v) is 9.27. The minimum Gasteiger partial charge on any atom is -0.491 e. The fourth-order valence-corrected chi connectivity index (χ4v) is 2.98. The predicted octanol–water partition coefficient (Wildman–Crippen LogP) is 4.49. The third kappa shape index (κ3) is 4.84. The molecule has 0 spiro atoms. The lowest BCUT2D eigenvalue weighted by molar-refractivity contribution is 0.104. The largest absolute Gasteiger partial charge is 0.491 e. The fraction of sp³-hybridized carbons (Fsp3) is 0.304. The molecule has 0 fully saturated rings. The molecule has 0 bridgehead atoms. The summed E-state index contributed by atoms with van der Waals surface area (Å²) in [4.78, 5) is 0. The fourth-order valence-electron chi connectivity index (χ4n) is 2.98. The highest BCUT2D eigenvalue weighted by Crippen LogP contribution is 2.20. The van der Waals surface area contributed by atoms with Crippen molar-refractivity contribution >= 4 is 10.8 Å². The lowest BCUT2D eigenvalue weighted by Gasteiger charge is -2.18. The Morgan fingerprint density at radius 2 is 1.69 bits per heavy atom. The van der Waals surface area contributed by atoms with Crippen molar-refractivity contribution < 1.29 is 9.84 Å². The minimum absolute atomic E-state index is 0.191. The summed E-state index contributed by atoms with van der Waals surface area (Å²) in [6.45, 7) is 5.03. The number of nitrogens with one attached hydrogen (secondary N) is 1. The number of ether oxygens (including phenoxy) is 1. The number of hydrogen-bond donors (Lipinski definition) is 2. The van der Waals surface area contributed by atoms with Gasteiger partial charge in [0.2, 0.25) is 0 Å². The number of hydrogen-bond acceptors (Lipinski definition) is 3. The van der Waals surface area contributed by atoms with Gasteiger partial charge in [-0.2, -0.15) is 0 Å². The quantitative estimate of drug-likeness (QED) is 0.629. The highest BCUT2D eigenvalue weighted by molar-refractivity contribution is 5.83. The average molecular weight is 349 g/mol. The maximum Gasteiger partial charge on any atom is 0.120 e. The summed E-state index contributed by atoms with van der Waals surface area (Å²) < 4.78 is 5.75. The van der Waals surface area contributed by atoms with Crippen LogP contribution >= 0.6 is 0 Å². The van der Waals surface area contributed by atoms with E-state index in [0.29, 0.717) is 6.54 Å². The van der Waals surface area contributed by atoms with Gasteiger partial charge >= 0.3 is 0 Å². The minimum atomic E-state index is -0.557. The Morgan fingerprint density at radius 1 is 0.962 bits per heavy atom. The smallest absolute Gasteiger partial charge is 0.120 e. The molecule has 3 heteroatoms. The number of aryl methyl sites for hydroxylation is 1. The van der Waals surface area contributed by atoms with Crippen molar-refractivity contribution in [2.45, 2.75) is 32.4 Å². The Bertz CT molecular complexity index is 829. The van der Waals surface area contributed by atoms with Crippen LogP contribution in [-0.2, 0) is 6.42 Å². The number of benzene rings is 3. The van der Waals surface area contributed by atoms with Gasteiger partial charge in [-0.3, -0.25) is 0 Å². The molecule has 3 nitrogen and oxygen atoms in total. The Labute approximate surface area is 155 Å². The van der Waals surface area contributed by atoms with E-state index in [4.69, 9.17) is 4.74 Å². The number of aliphatic hydroxyl groups excluding tert-OH is 1. The molecule has 2 N–H and O–H groups in total. The van der Waals surface area contributed by atoms with E-state index in [1.54, 1.807) is 0 Å². The molecular formula is C23H27NO2. The molecule has 2 atom stereocenters. The molecule has 0 amide bonds. The van der Waals surface area contributed by atoms with Crippen molar-refractivity contribution in [2.75, 3.05) is 13.2 Å². The first-order chi connectivity index (χ1) is 12.7. The van der Waals surface area contributed by atoms with Gasteiger partial charge in [-0.15, -0.1) is 0 Å². The maximum absolute atomic E-state index is 10.2. The van der Waals surface area contributed by atoms with E-state index >= 15 is 0 Å². The Hall–Kier alpha value is -2.36. The van der Waals surface area contributed by atoms with Gasteiger partial charge in [0.15, 0.2) is 0 Å². The molecule has 3 aromatic rings. The first kappa shape index (κ1) is 18.4. The van der Waals surface area contributed by atoms with Gasteiger partial charge in [-0.05, 0) is 47.4 Å². The molecule has 0 saturated carbocycles. The third-order valence-corrected chi connectivity index (χ3v) is 4.71. The maximum atomic E-state index is 10.2. The van der Waals surface area contributed by atoms with E-state index in [-0.39, 0.29) is 12.6 Å². The van der Waals surface area contributed by atoms with Crippen molar-refractivity contribution in [2.24, 2.45) is 0 Å². The van der Waals surface area contributed by atoms with Crippen LogP contribution in [0.25, 0.3) is 10.8 Å². The van der Waals surface area contributed by atoms with E-state index in [2.05, 4.69) is 55.6 Å². The van der Waals surface area contributed by atoms with Gasteiger partial charge < -0.3 is 15.2 Å². The van der Waals surface area contributed by atoms with Crippen LogP contribution in [0.5, 0.6) is 5.75 Å². The van der Waals surface area contributed by atoms with Crippen molar-refractivity contribution in [1.82, 2.24) is 5.32 Å². The molecule has 3 aromatic carbocycles. The second-order valence-corrected chi connectivity index (χ2v) is 6.70. The van der Waals surface area contributed by atoms with E-state index in [1.165, 1.54) is 16.5 Å². The van der Waals surface area contributed by atoms with E-state index in [1.807, 2.05) is 30.3 Å². The van der Waals surface area contributed by atoms with Gasteiger partial charge in [0.25, 0.3) is 0 Å². The first-order valence-electron chi connectivity index (χ1n) is 9.27. The molecule has 0 aliphatic heterocycles. The molecule has 0 aliphatic carbocycles. The van der Waals surface area contributed by atoms with Crippen molar-refractivity contribution in [1.29, 1.82) is 0 Å². The zero-order valence-electron chi connectivity index (χ0n) is 15.5. The van der Waals surface area contributed by atoms with Gasteiger partial charge in [0, 0.05) is 12.6 Å². The third-order valence-electron chi connectivity index (χ3n) is 4.71. The summed E-state index contributed by atoms with van der Waals surface area (Å²) in [6, 6.07) is 23.0. The lowest BCUT2D eigenvalue weighted by atomic mass is 10.0. The molecule has 3 rings (SSSR count). The second-order valence-electron chi connectivity index (χ2n) is 6.70. The standard InChI is InChI=1S/C23H27NO2/c1-3-18-8-10-19(11-9-18)17(2)24-15-22(25)16-26-23-13-12-20-6-4-5-7-21(20)14-23/h4-14,17,22,24-25H,3,15-16H2,1-2H3. The second kappa shape index (κ2) is 8.84. The summed E-state index contributed by atoms with van der Waals surface area (Å²) in [6.07, 6.45) is 0.492. The Morgan fingerprint density at radius 3 is 2.42 bits per heavy atom. The molecule has 136 valence electrons. The summed E-state index contributed by atoms with van der Waals surface area (Å²) >= 11 is 0. The summed E-state index contributed by atoms with van der Waals surface area (Å²) in [5.74, 6) is 0.783. The van der Waals surface area contributed by atoms with Crippen LogP contribution in [0.2, 0.25) is 0 Å². The van der Waals surface area contributed by atoms with Crippen LogP contribution in [-0.4, -0.2) is 24.4 Å².